The molecule has 0 aliphatic carbocycles. The lowest BCUT2D eigenvalue weighted by Gasteiger charge is -2.07. The Balaban J connectivity index is 1.58. The summed E-state index contributed by atoms with van der Waals surface area (Å²) >= 11 is 0.700. The van der Waals surface area contributed by atoms with Crippen LogP contribution in [0.2, 0.25) is 0 Å². The van der Waals surface area contributed by atoms with Gasteiger partial charge in [-0.3, -0.25) is 4.79 Å². The molecule has 3 aromatic rings. The first kappa shape index (κ1) is 22.8. The van der Waals surface area contributed by atoms with Crippen molar-refractivity contribution in [2.24, 2.45) is 0 Å². The molecular formula is C23H22F3NO3S. The zero-order chi connectivity index (χ0) is 22.3. The SMILES string of the molecule is O=C(O)CCCNCc1ccc(OCc2cc(-c3ccccc3)c(C(F)(F)F)s2)cc1. The van der Waals surface area contributed by atoms with E-state index in [0.717, 1.165) is 5.56 Å². The summed E-state index contributed by atoms with van der Waals surface area (Å²) in [5.41, 5.74) is 1.70. The Labute approximate surface area is 182 Å². The quantitative estimate of drug-likeness (QED) is 0.375. The molecule has 0 atom stereocenters. The van der Waals surface area contributed by atoms with Crippen LogP contribution in [0.25, 0.3) is 11.1 Å². The summed E-state index contributed by atoms with van der Waals surface area (Å²) in [7, 11) is 0. The molecule has 1 aromatic heterocycles. The first-order chi connectivity index (χ1) is 14.8. The van der Waals surface area contributed by atoms with Gasteiger partial charge in [0.15, 0.2) is 0 Å². The van der Waals surface area contributed by atoms with Gasteiger partial charge >= 0.3 is 12.1 Å². The number of halogens is 3. The lowest BCUT2D eigenvalue weighted by Crippen LogP contribution is -2.15. The number of ether oxygens (including phenoxy) is 1. The zero-order valence-corrected chi connectivity index (χ0v) is 17.4. The number of thiophene rings is 1. The predicted octanol–water partition coefficient (Wildman–Crippen LogP) is 5.97. The first-order valence-corrected chi connectivity index (χ1v) is 10.5. The summed E-state index contributed by atoms with van der Waals surface area (Å²) < 4.78 is 46.1. The third-order valence-corrected chi connectivity index (χ3v) is 5.66. The minimum atomic E-state index is -4.42. The molecular weight excluding hydrogens is 427 g/mol. The second kappa shape index (κ2) is 10.5. The lowest BCUT2D eigenvalue weighted by atomic mass is 10.1. The highest BCUT2D eigenvalue weighted by Crippen LogP contribution is 2.43. The zero-order valence-electron chi connectivity index (χ0n) is 16.6. The molecule has 0 amide bonds. The number of benzene rings is 2. The lowest BCUT2D eigenvalue weighted by molar-refractivity contribution is -0.137. The van der Waals surface area contributed by atoms with Crippen LogP contribution >= 0.6 is 11.3 Å². The van der Waals surface area contributed by atoms with E-state index in [1.807, 2.05) is 12.1 Å². The molecule has 8 heteroatoms. The highest BCUT2D eigenvalue weighted by Gasteiger charge is 2.36. The fourth-order valence-corrected chi connectivity index (χ4v) is 3.97. The Bertz CT molecular complexity index is 986. The molecule has 0 unspecified atom stereocenters. The van der Waals surface area contributed by atoms with Crippen LogP contribution in [0, 0.1) is 0 Å². The molecule has 2 aromatic carbocycles. The van der Waals surface area contributed by atoms with Gasteiger partial charge < -0.3 is 15.2 Å². The number of hydrogen-bond donors (Lipinski definition) is 2. The van der Waals surface area contributed by atoms with Gasteiger partial charge in [0.1, 0.15) is 17.2 Å². The van der Waals surface area contributed by atoms with Crippen molar-refractivity contribution in [2.75, 3.05) is 6.54 Å². The van der Waals surface area contributed by atoms with Crippen LogP contribution in [0.4, 0.5) is 13.2 Å². The number of aliphatic carboxylic acids is 1. The Morgan fingerprint density at radius 2 is 1.77 bits per heavy atom. The molecule has 4 nitrogen and oxygen atoms in total. The van der Waals surface area contributed by atoms with Crippen molar-refractivity contribution in [3.05, 3.63) is 76.0 Å². The number of alkyl halides is 3. The Morgan fingerprint density at radius 3 is 2.42 bits per heavy atom. The van der Waals surface area contributed by atoms with Crippen molar-refractivity contribution < 1.29 is 27.8 Å². The summed E-state index contributed by atoms with van der Waals surface area (Å²) in [5.74, 6) is -0.245. The van der Waals surface area contributed by atoms with Gasteiger partial charge in [-0.1, -0.05) is 42.5 Å². The van der Waals surface area contributed by atoms with Crippen LogP contribution in [0.1, 0.15) is 28.2 Å². The summed E-state index contributed by atoms with van der Waals surface area (Å²) in [5, 5.41) is 11.8. The topological polar surface area (TPSA) is 58.6 Å². The highest BCUT2D eigenvalue weighted by atomic mass is 32.1. The number of carboxylic acid groups (broad SMARTS) is 1. The Hall–Kier alpha value is -2.84. The van der Waals surface area contributed by atoms with Gasteiger partial charge in [0.05, 0.1) is 0 Å². The average Bonchev–Trinajstić information content (AvgIpc) is 3.18. The maximum Gasteiger partial charge on any atom is 0.426 e. The minimum Gasteiger partial charge on any atom is -0.488 e. The number of carbonyl (C=O) groups is 1. The van der Waals surface area contributed by atoms with E-state index in [2.05, 4.69) is 5.32 Å². The fourth-order valence-electron chi connectivity index (χ4n) is 3.01. The van der Waals surface area contributed by atoms with Crippen molar-refractivity contribution in [3.8, 4) is 16.9 Å². The second-order valence-electron chi connectivity index (χ2n) is 6.93. The van der Waals surface area contributed by atoms with E-state index in [4.69, 9.17) is 9.84 Å². The van der Waals surface area contributed by atoms with Gasteiger partial charge in [-0.15, -0.1) is 11.3 Å². The van der Waals surface area contributed by atoms with Gasteiger partial charge in [-0.05, 0) is 42.3 Å². The van der Waals surface area contributed by atoms with E-state index in [-0.39, 0.29) is 18.6 Å². The fraction of sp³-hybridized carbons (Fsp3) is 0.261. The average molecular weight is 449 g/mol. The van der Waals surface area contributed by atoms with Crippen molar-refractivity contribution >= 4 is 17.3 Å². The molecule has 0 bridgehead atoms. The van der Waals surface area contributed by atoms with Gasteiger partial charge in [-0.2, -0.15) is 13.2 Å². The number of carboxylic acids is 1. The van der Waals surface area contributed by atoms with Crippen molar-refractivity contribution in [1.82, 2.24) is 5.32 Å². The van der Waals surface area contributed by atoms with E-state index in [1.165, 1.54) is 6.07 Å². The van der Waals surface area contributed by atoms with Crippen LogP contribution in [0.5, 0.6) is 5.75 Å². The van der Waals surface area contributed by atoms with Crippen molar-refractivity contribution in [3.63, 3.8) is 0 Å². The van der Waals surface area contributed by atoms with E-state index in [9.17, 15) is 18.0 Å². The summed E-state index contributed by atoms with van der Waals surface area (Å²) in [6.07, 6.45) is -3.74. The predicted molar refractivity (Wildman–Crippen MR) is 114 cm³/mol. The maximum atomic E-state index is 13.5. The smallest absolute Gasteiger partial charge is 0.426 e. The van der Waals surface area contributed by atoms with E-state index in [1.54, 1.807) is 42.5 Å². The van der Waals surface area contributed by atoms with E-state index < -0.39 is 17.0 Å². The summed E-state index contributed by atoms with van der Waals surface area (Å²) in [4.78, 5) is 10.4. The van der Waals surface area contributed by atoms with Crippen LogP contribution in [-0.4, -0.2) is 17.6 Å². The molecule has 0 spiro atoms. The van der Waals surface area contributed by atoms with Crippen LogP contribution < -0.4 is 10.1 Å². The molecule has 0 aliphatic rings. The standard InChI is InChI=1S/C23H22F3NO3S/c24-23(25,26)22-20(17-5-2-1-3-6-17)13-19(31-22)15-30-18-10-8-16(9-11-18)14-27-12-4-7-21(28)29/h1-3,5-6,8-11,13,27H,4,7,12,14-15H2,(H,28,29). The summed E-state index contributed by atoms with van der Waals surface area (Å²) in [6, 6.07) is 17.3. The third-order valence-electron chi connectivity index (χ3n) is 4.50. The normalized spacial score (nSPS) is 11.5. The van der Waals surface area contributed by atoms with Gasteiger partial charge in [-0.25, -0.2) is 0 Å². The molecule has 164 valence electrons. The van der Waals surface area contributed by atoms with Crippen LogP contribution in [-0.2, 0) is 24.1 Å². The molecule has 2 N–H and O–H groups in total. The molecule has 0 saturated carbocycles. The van der Waals surface area contributed by atoms with Gasteiger partial charge in [0, 0.05) is 23.4 Å². The summed E-state index contributed by atoms with van der Waals surface area (Å²) in [6.45, 7) is 1.25. The molecule has 0 fully saturated rings. The van der Waals surface area contributed by atoms with Crippen LogP contribution in [0.15, 0.2) is 60.7 Å². The van der Waals surface area contributed by atoms with E-state index >= 15 is 0 Å². The van der Waals surface area contributed by atoms with E-state index in [0.29, 0.717) is 47.0 Å². The molecule has 3 rings (SSSR count). The maximum absolute atomic E-state index is 13.5. The second-order valence-corrected chi connectivity index (χ2v) is 8.06. The Morgan fingerprint density at radius 1 is 1.06 bits per heavy atom. The molecule has 0 saturated heterocycles. The van der Waals surface area contributed by atoms with Crippen LogP contribution in [0.3, 0.4) is 0 Å². The number of nitrogens with one attached hydrogen (secondary N) is 1. The number of hydrogen-bond acceptors (Lipinski definition) is 4. The highest BCUT2D eigenvalue weighted by molar-refractivity contribution is 7.12. The van der Waals surface area contributed by atoms with Gasteiger partial charge in [0.25, 0.3) is 0 Å². The van der Waals surface area contributed by atoms with Crippen molar-refractivity contribution in [1.29, 1.82) is 0 Å². The van der Waals surface area contributed by atoms with Gasteiger partial charge in [0.2, 0.25) is 0 Å². The molecule has 0 aliphatic heterocycles. The largest absolute Gasteiger partial charge is 0.488 e. The molecule has 0 radical (unpaired) electrons. The minimum absolute atomic E-state index is 0.0490. The third kappa shape index (κ3) is 6.83. The first-order valence-electron chi connectivity index (χ1n) is 9.72. The molecule has 31 heavy (non-hydrogen) atoms. The molecule has 1 heterocycles. The Kier molecular flexibility index (Phi) is 7.70. The monoisotopic (exact) mass is 449 g/mol. The van der Waals surface area contributed by atoms with Crippen molar-refractivity contribution in [2.45, 2.75) is 32.2 Å². The number of rotatable bonds is 10.